The first-order chi connectivity index (χ1) is 10.2. The fraction of sp³-hybridized carbons (Fsp3) is 0.167. The fourth-order valence-corrected chi connectivity index (χ4v) is 2.30. The minimum Gasteiger partial charge on any atom is -0.466 e. The fourth-order valence-electron chi connectivity index (χ4n) is 1.39. The average molecular weight is 350 g/mol. The Hall–Kier alpha value is -2.10. The highest BCUT2D eigenvalue weighted by molar-refractivity contribution is 7.86. The third-order valence-electron chi connectivity index (χ3n) is 2.36. The second kappa shape index (κ2) is 7.25. The highest BCUT2D eigenvalue weighted by Crippen LogP contribution is 2.26. The molecule has 0 aliphatic heterocycles. The van der Waals surface area contributed by atoms with Gasteiger partial charge in [-0.3, -0.25) is 4.55 Å². The topological polar surface area (TPSA) is 119 Å². The summed E-state index contributed by atoms with van der Waals surface area (Å²) in [6.45, 7) is 0. The summed E-state index contributed by atoms with van der Waals surface area (Å²) >= 11 is 5.67. The SMILES string of the molecule is COC(=O)/C=C(/Nc1ccc(Cl)cc1S(=O)(=O)O)C(=O)OC. The van der Waals surface area contributed by atoms with Gasteiger partial charge >= 0.3 is 11.9 Å². The van der Waals surface area contributed by atoms with Crippen LogP contribution in [0.4, 0.5) is 5.69 Å². The Balaban J connectivity index is 3.34. The number of anilines is 1. The summed E-state index contributed by atoms with van der Waals surface area (Å²) in [7, 11) is -2.44. The zero-order chi connectivity index (χ0) is 16.9. The maximum absolute atomic E-state index is 11.6. The minimum absolute atomic E-state index is 0.0507. The van der Waals surface area contributed by atoms with Crippen LogP contribution in [0.25, 0.3) is 0 Å². The van der Waals surface area contributed by atoms with Gasteiger partial charge in [-0.2, -0.15) is 8.42 Å². The van der Waals surface area contributed by atoms with Crippen LogP contribution in [-0.2, 0) is 29.2 Å². The van der Waals surface area contributed by atoms with Gasteiger partial charge in [-0.15, -0.1) is 0 Å². The maximum atomic E-state index is 11.6. The molecular weight excluding hydrogens is 338 g/mol. The van der Waals surface area contributed by atoms with Crippen molar-refractivity contribution in [2.24, 2.45) is 0 Å². The molecular formula is C12H12ClNO7S. The lowest BCUT2D eigenvalue weighted by atomic mass is 10.3. The summed E-state index contributed by atoms with van der Waals surface area (Å²) in [5.74, 6) is -1.81. The van der Waals surface area contributed by atoms with E-state index in [9.17, 15) is 22.6 Å². The van der Waals surface area contributed by atoms with E-state index in [0.29, 0.717) is 0 Å². The van der Waals surface area contributed by atoms with Crippen LogP contribution in [0.15, 0.2) is 34.9 Å². The number of nitrogens with one attached hydrogen (secondary N) is 1. The molecule has 0 aliphatic rings. The van der Waals surface area contributed by atoms with E-state index >= 15 is 0 Å². The molecule has 0 aromatic heterocycles. The van der Waals surface area contributed by atoms with Gasteiger partial charge in [0.2, 0.25) is 0 Å². The van der Waals surface area contributed by atoms with Crippen molar-refractivity contribution in [1.29, 1.82) is 0 Å². The largest absolute Gasteiger partial charge is 0.466 e. The molecule has 1 rings (SSSR count). The number of methoxy groups -OCH3 is 2. The van der Waals surface area contributed by atoms with Gasteiger partial charge in [-0.1, -0.05) is 11.6 Å². The van der Waals surface area contributed by atoms with E-state index < -0.39 is 27.0 Å². The van der Waals surface area contributed by atoms with Crippen LogP contribution in [0.1, 0.15) is 0 Å². The van der Waals surface area contributed by atoms with Crippen LogP contribution in [-0.4, -0.2) is 39.1 Å². The lowest BCUT2D eigenvalue weighted by Crippen LogP contribution is -2.17. The monoisotopic (exact) mass is 349 g/mol. The van der Waals surface area contributed by atoms with E-state index in [-0.39, 0.29) is 16.4 Å². The lowest BCUT2D eigenvalue weighted by molar-refractivity contribution is -0.138. The maximum Gasteiger partial charge on any atom is 0.354 e. The molecule has 0 radical (unpaired) electrons. The predicted molar refractivity (Wildman–Crippen MR) is 77.0 cm³/mol. The highest BCUT2D eigenvalue weighted by Gasteiger charge is 2.20. The van der Waals surface area contributed by atoms with Gasteiger partial charge in [-0.25, -0.2) is 9.59 Å². The van der Waals surface area contributed by atoms with Crippen molar-refractivity contribution >= 4 is 39.3 Å². The Morgan fingerprint density at radius 3 is 2.41 bits per heavy atom. The summed E-state index contributed by atoms with van der Waals surface area (Å²) in [5, 5.41) is 2.44. The quantitative estimate of drug-likeness (QED) is 0.463. The number of hydrogen-bond donors (Lipinski definition) is 2. The van der Waals surface area contributed by atoms with Crippen molar-refractivity contribution < 1.29 is 32.0 Å². The van der Waals surface area contributed by atoms with E-state index in [4.69, 9.17) is 11.6 Å². The van der Waals surface area contributed by atoms with Crippen molar-refractivity contribution in [3.05, 3.63) is 35.0 Å². The van der Waals surface area contributed by atoms with Crippen molar-refractivity contribution in [3.8, 4) is 0 Å². The van der Waals surface area contributed by atoms with E-state index in [0.717, 1.165) is 26.4 Å². The first-order valence-corrected chi connectivity index (χ1v) is 7.43. The Morgan fingerprint density at radius 2 is 1.91 bits per heavy atom. The molecule has 0 saturated carbocycles. The molecule has 0 amide bonds. The molecule has 0 heterocycles. The Labute approximate surface area is 131 Å². The number of benzene rings is 1. The number of hydrogen-bond acceptors (Lipinski definition) is 7. The molecule has 0 bridgehead atoms. The second-order valence-electron chi connectivity index (χ2n) is 3.81. The van der Waals surface area contributed by atoms with Crippen LogP contribution in [0, 0.1) is 0 Å². The molecule has 0 spiro atoms. The first kappa shape index (κ1) is 18.0. The molecule has 1 aromatic carbocycles. The molecule has 0 saturated heterocycles. The summed E-state index contributed by atoms with van der Waals surface area (Å²) in [4.78, 5) is 22.3. The van der Waals surface area contributed by atoms with E-state index in [1.807, 2.05) is 0 Å². The van der Waals surface area contributed by atoms with Crippen molar-refractivity contribution in [3.63, 3.8) is 0 Å². The van der Waals surface area contributed by atoms with Crippen molar-refractivity contribution in [2.75, 3.05) is 19.5 Å². The zero-order valence-electron chi connectivity index (χ0n) is 11.5. The number of carbonyl (C=O) groups is 2. The number of ether oxygens (including phenoxy) is 2. The Morgan fingerprint density at radius 1 is 1.27 bits per heavy atom. The zero-order valence-corrected chi connectivity index (χ0v) is 13.1. The van der Waals surface area contributed by atoms with E-state index in [1.165, 1.54) is 12.1 Å². The molecule has 0 unspecified atom stereocenters. The van der Waals surface area contributed by atoms with E-state index in [1.54, 1.807) is 0 Å². The van der Waals surface area contributed by atoms with Crippen LogP contribution in [0.5, 0.6) is 0 Å². The molecule has 0 atom stereocenters. The standard InChI is InChI=1S/C12H12ClNO7S/c1-20-11(15)6-9(12(16)21-2)14-8-4-3-7(13)5-10(8)22(17,18)19/h3-6,14H,1-2H3,(H,17,18,19)/b9-6+. The van der Waals surface area contributed by atoms with Gasteiger partial charge in [0.05, 0.1) is 26.0 Å². The van der Waals surface area contributed by atoms with Crippen molar-refractivity contribution in [2.45, 2.75) is 4.90 Å². The average Bonchev–Trinajstić information content (AvgIpc) is 2.46. The van der Waals surface area contributed by atoms with Gasteiger partial charge in [-0.05, 0) is 18.2 Å². The van der Waals surface area contributed by atoms with Gasteiger partial charge < -0.3 is 14.8 Å². The molecule has 8 nitrogen and oxygen atoms in total. The second-order valence-corrected chi connectivity index (χ2v) is 5.64. The molecule has 120 valence electrons. The number of halogens is 1. The third kappa shape index (κ3) is 4.72. The minimum atomic E-state index is -4.61. The number of carbonyl (C=O) groups excluding carboxylic acids is 2. The molecule has 0 aliphatic carbocycles. The smallest absolute Gasteiger partial charge is 0.354 e. The first-order valence-electron chi connectivity index (χ1n) is 5.61. The number of rotatable bonds is 5. The third-order valence-corrected chi connectivity index (χ3v) is 3.49. The normalized spacial score (nSPS) is 11.7. The predicted octanol–water partition coefficient (Wildman–Crippen LogP) is 1.23. The highest BCUT2D eigenvalue weighted by atomic mass is 35.5. The van der Waals surface area contributed by atoms with Crippen LogP contribution in [0.3, 0.4) is 0 Å². The summed E-state index contributed by atoms with van der Waals surface area (Å²) in [6.07, 6.45) is 0.772. The molecule has 2 N–H and O–H groups in total. The van der Waals surface area contributed by atoms with Crippen LogP contribution < -0.4 is 5.32 Å². The van der Waals surface area contributed by atoms with Gasteiger partial charge in [0.25, 0.3) is 10.1 Å². The molecule has 1 aromatic rings. The molecule has 10 heteroatoms. The summed E-state index contributed by atoms with van der Waals surface area (Å²) < 4.78 is 40.7. The summed E-state index contributed by atoms with van der Waals surface area (Å²) in [6, 6.07) is 3.51. The molecule has 0 fully saturated rings. The summed E-state index contributed by atoms with van der Waals surface area (Å²) in [5.41, 5.74) is -0.561. The van der Waals surface area contributed by atoms with Gasteiger partial charge in [0.15, 0.2) is 0 Å². The Kier molecular flexibility index (Phi) is 5.92. The van der Waals surface area contributed by atoms with Gasteiger partial charge in [0.1, 0.15) is 10.6 Å². The van der Waals surface area contributed by atoms with Gasteiger partial charge in [0, 0.05) is 5.02 Å². The van der Waals surface area contributed by atoms with Crippen LogP contribution >= 0.6 is 11.6 Å². The van der Waals surface area contributed by atoms with Crippen LogP contribution in [0.2, 0.25) is 5.02 Å². The van der Waals surface area contributed by atoms with Crippen molar-refractivity contribution in [1.82, 2.24) is 0 Å². The Bertz CT molecular complexity index is 727. The molecule has 22 heavy (non-hydrogen) atoms. The van der Waals surface area contributed by atoms with E-state index in [2.05, 4.69) is 14.8 Å². The lowest BCUT2D eigenvalue weighted by Gasteiger charge is -2.12. The number of esters is 2.